The molecule has 0 saturated carbocycles. The predicted octanol–water partition coefficient (Wildman–Crippen LogP) is -0.0353. The minimum absolute atomic E-state index is 0.162. The Morgan fingerprint density at radius 2 is 2.11 bits per heavy atom. The summed E-state index contributed by atoms with van der Waals surface area (Å²) in [6.07, 6.45) is 0. The van der Waals surface area contributed by atoms with E-state index in [1.54, 1.807) is 27.7 Å². The van der Waals surface area contributed by atoms with Gasteiger partial charge in [0.15, 0.2) is 5.54 Å². The number of amidine groups is 1. The molecule has 3 heterocycles. The van der Waals surface area contributed by atoms with E-state index in [9.17, 15) is 14.4 Å². The maximum absolute atomic E-state index is 12.8. The topological polar surface area (TPSA) is 123 Å². The highest BCUT2D eigenvalue weighted by atomic mass is 32.2. The SMILES string of the molecule is CC1=C(C(=O)OCOC(=O)C(C)(C)C)N2C(=O)C(N)(C3=NCCN3)[C@@H]2SC1. The molecule has 0 aromatic carbocycles. The first-order chi connectivity index (χ1) is 12.6. The number of β-lactam (4-membered cyclic amide) rings is 1. The Kier molecular flexibility index (Phi) is 4.98. The smallest absolute Gasteiger partial charge is 0.357 e. The van der Waals surface area contributed by atoms with Crippen molar-refractivity contribution in [1.82, 2.24) is 10.2 Å². The number of amides is 1. The highest BCUT2D eigenvalue weighted by Crippen LogP contribution is 2.45. The zero-order valence-corrected chi connectivity index (χ0v) is 16.6. The summed E-state index contributed by atoms with van der Waals surface area (Å²) in [5.41, 5.74) is 5.27. The van der Waals surface area contributed by atoms with Gasteiger partial charge in [-0.25, -0.2) is 4.79 Å². The molecule has 0 bridgehead atoms. The molecule has 27 heavy (non-hydrogen) atoms. The van der Waals surface area contributed by atoms with Crippen molar-refractivity contribution in [1.29, 1.82) is 0 Å². The minimum atomic E-state index is -1.26. The third-order valence-corrected chi connectivity index (χ3v) is 6.05. The Balaban J connectivity index is 1.70. The number of nitrogens with zero attached hydrogens (tertiary/aromatic N) is 2. The Morgan fingerprint density at radius 3 is 2.70 bits per heavy atom. The van der Waals surface area contributed by atoms with Gasteiger partial charge >= 0.3 is 11.9 Å². The number of nitrogens with two attached hydrogens (primary N) is 1. The highest BCUT2D eigenvalue weighted by Gasteiger charge is 2.65. The molecule has 3 aliphatic rings. The number of aliphatic imine (C=N–C) groups is 1. The second-order valence-electron chi connectivity index (χ2n) is 7.73. The van der Waals surface area contributed by atoms with Crippen LogP contribution in [0.2, 0.25) is 0 Å². The molecular formula is C17H24N4O5S. The van der Waals surface area contributed by atoms with Gasteiger partial charge in [0, 0.05) is 12.3 Å². The lowest BCUT2D eigenvalue weighted by Crippen LogP contribution is -2.82. The summed E-state index contributed by atoms with van der Waals surface area (Å²) in [5, 5.41) is 2.62. The van der Waals surface area contributed by atoms with Crippen LogP contribution in [-0.4, -0.2) is 65.1 Å². The molecule has 0 aliphatic carbocycles. The van der Waals surface area contributed by atoms with Crippen molar-refractivity contribution in [2.75, 3.05) is 25.6 Å². The lowest BCUT2D eigenvalue weighted by Gasteiger charge is -2.55. The number of rotatable bonds is 4. The third-order valence-electron chi connectivity index (χ3n) is 4.55. The molecule has 0 spiro atoms. The van der Waals surface area contributed by atoms with Crippen LogP contribution in [0.15, 0.2) is 16.3 Å². The first kappa shape index (κ1) is 19.7. The third kappa shape index (κ3) is 3.20. The number of hydrogen-bond acceptors (Lipinski definition) is 9. The van der Waals surface area contributed by atoms with Crippen LogP contribution >= 0.6 is 11.8 Å². The first-order valence-electron chi connectivity index (χ1n) is 8.65. The second-order valence-corrected chi connectivity index (χ2v) is 8.79. The lowest BCUT2D eigenvalue weighted by atomic mass is 9.86. The molecule has 0 aromatic heterocycles. The van der Waals surface area contributed by atoms with E-state index in [2.05, 4.69) is 10.3 Å². The molecule has 2 atom stereocenters. The summed E-state index contributed by atoms with van der Waals surface area (Å²) in [5.74, 6) is -0.591. The van der Waals surface area contributed by atoms with Crippen LogP contribution in [0, 0.1) is 5.41 Å². The van der Waals surface area contributed by atoms with Crippen molar-refractivity contribution >= 4 is 35.4 Å². The molecule has 9 nitrogen and oxygen atoms in total. The molecule has 0 aromatic rings. The summed E-state index contributed by atoms with van der Waals surface area (Å²) >= 11 is 1.48. The van der Waals surface area contributed by atoms with Crippen LogP contribution in [0.3, 0.4) is 0 Å². The summed E-state index contributed by atoms with van der Waals surface area (Å²) in [7, 11) is 0. The number of esters is 2. The number of carbonyl (C=O) groups is 3. The Labute approximate surface area is 161 Å². The van der Waals surface area contributed by atoms with Gasteiger partial charge in [0.25, 0.3) is 5.91 Å². The number of hydrogen-bond donors (Lipinski definition) is 2. The van der Waals surface area contributed by atoms with Crippen LogP contribution in [0.25, 0.3) is 0 Å². The monoisotopic (exact) mass is 396 g/mol. The van der Waals surface area contributed by atoms with E-state index in [-0.39, 0.29) is 5.70 Å². The Bertz CT molecular complexity index is 757. The van der Waals surface area contributed by atoms with Crippen LogP contribution in [0.5, 0.6) is 0 Å². The van der Waals surface area contributed by atoms with Gasteiger partial charge in [-0.3, -0.25) is 19.5 Å². The van der Waals surface area contributed by atoms with Gasteiger partial charge in [-0.1, -0.05) is 0 Å². The van der Waals surface area contributed by atoms with Crippen LogP contribution in [-0.2, 0) is 23.9 Å². The number of ether oxygens (including phenoxy) is 2. The van der Waals surface area contributed by atoms with Crippen molar-refractivity contribution in [3.05, 3.63) is 11.3 Å². The summed E-state index contributed by atoms with van der Waals surface area (Å²) in [6, 6.07) is 0. The average Bonchev–Trinajstić information content (AvgIpc) is 3.14. The fourth-order valence-corrected chi connectivity index (χ4v) is 4.41. The van der Waals surface area contributed by atoms with E-state index >= 15 is 0 Å². The molecule has 1 fully saturated rings. The summed E-state index contributed by atoms with van der Waals surface area (Å²) in [6.45, 7) is 7.57. The minimum Gasteiger partial charge on any atom is -0.427 e. The summed E-state index contributed by atoms with van der Waals surface area (Å²) in [4.78, 5) is 42.8. The first-order valence-corrected chi connectivity index (χ1v) is 9.70. The van der Waals surface area contributed by atoms with Gasteiger partial charge in [0.05, 0.1) is 12.0 Å². The zero-order valence-electron chi connectivity index (χ0n) is 15.8. The Morgan fingerprint density at radius 1 is 1.41 bits per heavy atom. The van der Waals surface area contributed by atoms with Gasteiger partial charge in [-0.15, -0.1) is 11.8 Å². The number of thioether (sulfide) groups is 1. The second kappa shape index (κ2) is 6.83. The van der Waals surface area contributed by atoms with Gasteiger partial charge in [-0.05, 0) is 33.3 Å². The maximum Gasteiger partial charge on any atom is 0.357 e. The molecular weight excluding hydrogens is 372 g/mol. The molecule has 0 radical (unpaired) electrons. The number of carbonyl (C=O) groups excluding carboxylic acids is 3. The van der Waals surface area contributed by atoms with E-state index in [1.807, 2.05) is 0 Å². The van der Waals surface area contributed by atoms with Crippen molar-refractivity contribution < 1.29 is 23.9 Å². The van der Waals surface area contributed by atoms with E-state index in [0.717, 1.165) is 0 Å². The average molecular weight is 396 g/mol. The standard InChI is InChI=1S/C17H24N4O5S/c1-9-7-27-14-17(18,12-19-5-6-20-12)13(23)21(14)10(9)11(22)25-8-26-15(24)16(2,3)4/h14H,5-8,18H2,1-4H3,(H,19,20)/t14-,17?/m0/s1. The lowest BCUT2D eigenvalue weighted by molar-refractivity contribution is -0.173. The van der Waals surface area contributed by atoms with Gasteiger partial charge < -0.3 is 20.5 Å². The molecule has 3 aliphatic heterocycles. The van der Waals surface area contributed by atoms with Crippen LogP contribution in [0.4, 0.5) is 0 Å². The largest absolute Gasteiger partial charge is 0.427 e. The molecule has 3 N–H and O–H groups in total. The van der Waals surface area contributed by atoms with E-state index in [0.29, 0.717) is 30.3 Å². The Hall–Kier alpha value is -2.07. The molecule has 10 heteroatoms. The van der Waals surface area contributed by atoms with Gasteiger partial charge in [-0.2, -0.15) is 0 Å². The summed E-state index contributed by atoms with van der Waals surface area (Å²) < 4.78 is 10.0. The fourth-order valence-electron chi connectivity index (χ4n) is 3.04. The quantitative estimate of drug-likeness (QED) is 0.386. The predicted molar refractivity (Wildman–Crippen MR) is 99.5 cm³/mol. The molecule has 148 valence electrons. The number of fused-ring (bicyclic) bond motifs is 1. The maximum atomic E-state index is 12.8. The van der Waals surface area contributed by atoms with E-state index in [4.69, 9.17) is 15.2 Å². The molecule has 3 rings (SSSR count). The van der Waals surface area contributed by atoms with Gasteiger partial charge in [0.2, 0.25) is 6.79 Å². The molecule has 1 amide bonds. The van der Waals surface area contributed by atoms with Crippen LogP contribution < -0.4 is 11.1 Å². The van der Waals surface area contributed by atoms with Crippen molar-refractivity contribution in [3.63, 3.8) is 0 Å². The van der Waals surface area contributed by atoms with Gasteiger partial charge in [0.1, 0.15) is 16.9 Å². The normalized spacial score (nSPS) is 27.4. The van der Waals surface area contributed by atoms with Crippen molar-refractivity contribution in [2.24, 2.45) is 16.1 Å². The highest BCUT2D eigenvalue weighted by molar-refractivity contribution is 8.00. The number of nitrogens with one attached hydrogen (secondary N) is 1. The molecule has 1 saturated heterocycles. The van der Waals surface area contributed by atoms with Crippen LogP contribution in [0.1, 0.15) is 27.7 Å². The fraction of sp³-hybridized carbons (Fsp3) is 0.647. The van der Waals surface area contributed by atoms with E-state index in [1.165, 1.54) is 16.7 Å². The van der Waals surface area contributed by atoms with Crippen molar-refractivity contribution in [3.8, 4) is 0 Å². The van der Waals surface area contributed by atoms with E-state index < -0.39 is 41.0 Å². The zero-order chi connectivity index (χ0) is 20.0. The van der Waals surface area contributed by atoms with Crippen molar-refractivity contribution in [2.45, 2.75) is 38.6 Å². The molecule has 1 unspecified atom stereocenters.